The number of aliphatic hydroxyl groups excluding tert-OH is 6. The van der Waals surface area contributed by atoms with Crippen LogP contribution in [0.2, 0.25) is 0 Å². The van der Waals surface area contributed by atoms with Crippen LogP contribution in [0.3, 0.4) is 0 Å². The number of aromatic hydroxyl groups is 1. The first-order chi connectivity index (χ1) is 24.3. The zero-order valence-electron chi connectivity index (χ0n) is 28.1. The van der Waals surface area contributed by atoms with Crippen LogP contribution in [0.15, 0.2) is 54.8 Å². The van der Waals surface area contributed by atoms with Gasteiger partial charge in [0, 0.05) is 18.4 Å². The molecule has 2 aliphatic heterocycles. The molecular weight excluding hydrogens is 676 g/mol. The molecule has 0 spiro atoms. The van der Waals surface area contributed by atoms with Gasteiger partial charge < -0.3 is 74.0 Å². The lowest BCUT2D eigenvalue weighted by atomic mass is 9.85. The molecule has 1 saturated carbocycles. The second kappa shape index (κ2) is 16.1. The molecule has 1 saturated heterocycles. The van der Waals surface area contributed by atoms with Crippen LogP contribution in [0.25, 0.3) is 6.08 Å². The summed E-state index contributed by atoms with van der Waals surface area (Å²) in [5, 5.41) is 82.2. The summed E-state index contributed by atoms with van der Waals surface area (Å²) in [6.07, 6.45) is -6.44. The van der Waals surface area contributed by atoms with Gasteiger partial charge in [-0.3, -0.25) is 0 Å². The Labute approximate surface area is 293 Å². The molecule has 5 rings (SSSR count). The fourth-order valence-electron chi connectivity index (χ4n) is 6.59. The highest BCUT2D eigenvalue weighted by molar-refractivity contribution is 5.87. The molecule has 16 heteroatoms. The summed E-state index contributed by atoms with van der Waals surface area (Å²) < 4.78 is 39.0. The minimum absolute atomic E-state index is 0.0127. The second-order valence-corrected chi connectivity index (χ2v) is 12.8. The van der Waals surface area contributed by atoms with E-state index < -0.39 is 91.9 Å². The number of phenols is 1. The Bertz CT molecular complexity index is 1560. The molecule has 8 N–H and O–H groups in total. The highest BCUT2D eigenvalue weighted by atomic mass is 16.8. The van der Waals surface area contributed by atoms with Gasteiger partial charge in [0.1, 0.15) is 36.6 Å². The Hall–Kier alpha value is -3.97. The average Bonchev–Trinajstić information content (AvgIpc) is 3.39. The van der Waals surface area contributed by atoms with Gasteiger partial charge in [0.15, 0.2) is 35.4 Å². The molecule has 280 valence electrons. The molecule has 0 bridgehead atoms. The average molecular weight is 721 g/mol. The van der Waals surface area contributed by atoms with Crippen LogP contribution < -0.4 is 14.2 Å². The van der Waals surface area contributed by atoms with Crippen molar-refractivity contribution in [3.63, 3.8) is 0 Å². The van der Waals surface area contributed by atoms with Gasteiger partial charge in [0.25, 0.3) is 0 Å². The third-order valence-electron chi connectivity index (χ3n) is 9.32. The van der Waals surface area contributed by atoms with Crippen LogP contribution in [0.4, 0.5) is 0 Å². The standard InChI is InChI=1S/C35H44O16/c1-35(44)14-24(19-10-11-47-33(28(19)35)51-34-32(43)31(42)30(41)26(16-37)50-34)49-27(39)9-5-17-4-8-21(23(12-17)46-3)48-25(15-36)29(40)18-6-7-20(38)22(13-18)45-2/h4-13,19,24-26,28-34,36-38,40-44H,14-16H2,1-3H3/b9-5+/t19?,24?,25?,26-,28?,29?,30-,31+,32-,33?,34+,35?/m1/s1. The number of hydrogen-bond acceptors (Lipinski definition) is 16. The molecule has 7 unspecified atom stereocenters. The number of ether oxygens (including phenoxy) is 7. The molecule has 12 atom stereocenters. The normalized spacial score (nSPS) is 32.9. The monoisotopic (exact) mass is 720 g/mol. The minimum Gasteiger partial charge on any atom is -0.504 e. The van der Waals surface area contributed by atoms with E-state index in [9.17, 15) is 45.6 Å². The molecule has 2 aromatic carbocycles. The van der Waals surface area contributed by atoms with Crippen LogP contribution in [-0.2, 0) is 23.7 Å². The topological polar surface area (TPSA) is 244 Å². The Kier molecular flexibility index (Phi) is 12.1. The summed E-state index contributed by atoms with van der Waals surface area (Å²) in [5.41, 5.74) is -0.611. The first kappa shape index (κ1) is 38.3. The van der Waals surface area contributed by atoms with Crippen LogP contribution >= 0.6 is 0 Å². The van der Waals surface area contributed by atoms with Gasteiger partial charge in [-0.1, -0.05) is 12.1 Å². The molecular formula is C35H44O16. The van der Waals surface area contributed by atoms with Crippen molar-refractivity contribution in [1.82, 2.24) is 0 Å². The number of fused-ring (bicyclic) bond motifs is 1. The van der Waals surface area contributed by atoms with E-state index in [-0.39, 0.29) is 29.4 Å². The predicted molar refractivity (Wildman–Crippen MR) is 174 cm³/mol. The van der Waals surface area contributed by atoms with Gasteiger partial charge in [-0.2, -0.15) is 0 Å². The molecule has 3 aliphatic rings. The maximum Gasteiger partial charge on any atom is 0.331 e. The number of phenolic OH excluding ortho intramolecular Hbond substituents is 1. The largest absolute Gasteiger partial charge is 0.504 e. The predicted octanol–water partition coefficient (Wildman–Crippen LogP) is -0.119. The molecule has 16 nitrogen and oxygen atoms in total. The molecule has 0 radical (unpaired) electrons. The van der Waals surface area contributed by atoms with E-state index in [1.54, 1.807) is 18.2 Å². The summed E-state index contributed by atoms with van der Waals surface area (Å²) in [7, 11) is 2.77. The van der Waals surface area contributed by atoms with Crippen molar-refractivity contribution in [3.05, 3.63) is 65.9 Å². The van der Waals surface area contributed by atoms with Crippen molar-refractivity contribution in [1.29, 1.82) is 0 Å². The zero-order chi connectivity index (χ0) is 37.0. The third kappa shape index (κ3) is 8.25. The number of benzene rings is 2. The van der Waals surface area contributed by atoms with E-state index in [1.807, 2.05) is 0 Å². The van der Waals surface area contributed by atoms with Crippen LogP contribution in [-0.4, -0.2) is 129 Å². The van der Waals surface area contributed by atoms with Crippen molar-refractivity contribution < 1.29 is 78.8 Å². The van der Waals surface area contributed by atoms with Crippen LogP contribution in [0.1, 0.15) is 30.6 Å². The van der Waals surface area contributed by atoms with Gasteiger partial charge >= 0.3 is 5.97 Å². The van der Waals surface area contributed by atoms with Crippen LogP contribution in [0.5, 0.6) is 23.0 Å². The number of aliphatic hydroxyl groups is 7. The van der Waals surface area contributed by atoms with Crippen molar-refractivity contribution in [2.24, 2.45) is 11.8 Å². The maximum atomic E-state index is 13.0. The number of carbonyl (C=O) groups is 1. The SMILES string of the molecule is COc1cc(C(O)C(CO)Oc2ccc(/C=C/C(=O)OC3CC(C)(O)C4C(O[C@@H]5O[C@H](CO)[C@@H](O)[C@H](O)[C@H]5O)OC=CC34)cc2OC)ccc1O. The van der Waals surface area contributed by atoms with Crippen molar-refractivity contribution in [2.75, 3.05) is 27.4 Å². The van der Waals surface area contributed by atoms with Gasteiger partial charge in [0.2, 0.25) is 6.29 Å². The van der Waals surface area contributed by atoms with Crippen molar-refractivity contribution in [3.8, 4) is 23.0 Å². The highest BCUT2D eigenvalue weighted by Gasteiger charge is 2.58. The smallest absolute Gasteiger partial charge is 0.331 e. The molecule has 0 aromatic heterocycles. The van der Waals surface area contributed by atoms with Crippen molar-refractivity contribution in [2.45, 2.75) is 74.3 Å². The van der Waals surface area contributed by atoms with Crippen molar-refractivity contribution >= 4 is 12.0 Å². The molecule has 2 heterocycles. The lowest BCUT2D eigenvalue weighted by Gasteiger charge is -2.43. The van der Waals surface area contributed by atoms with E-state index in [2.05, 4.69) is 0 Å². The van der Waals surface area contributed by atoms with Gasteiger partial charge in [0.05, 0.1) is 45.2 Å². The fourth-order valence-corrected chi connectivity index (χ4v) is 6.59. The molecule has 1 aliphatic carbocycles. The van der Waals surface area contributed by atoms with Gasteiger partial charge in [-0.15, -0.1) is 0 Å². The Morgan fingerprint density at radius 2 is 1.75 bits per heavy atom. The molecule has 2 fully saturated rings. The number of carbonyl (C=O) groups excluding carboxylic acids is 1. The van der Waals surface area contributed by atoms with E-state index in [1.165, 1.54) is 63.8 Å². The molecule has 51 heavy (non-hydrogen) atoms. The quantitative estimate of drug-likeness (QED) is 0.0993. The molecule has 0 amide bonds. The fraction of sp³-hybridized carbons (Fsp3) is 0.514. The second-order valence-electron chi connectivity index (χ2n) is 12.8. The Morgan fingerprint density at radius 3 is 2.43 bits per heavy atom. The van der Waals surface area contributed by atoms with E-state index in [0.717, 1.165) is 0 Å². The Morgan fingerprint density at radius 1 is 1.00 bits per heavy atom. The van der Waals surface area contributed by atoms with E-state index >= 15 is 0 Å². The van der Waals surface area contributed by atoms with Gasteiger partial charge in [-0.25, -0.2) is 4.79 Å². The van der Waals surface area contributed by atoms with E-state index in [0.29, 0.717) is 11.1 Å². The summed E-state index contributed by atoms with van der Waals surface area (Å²) in [6, 6.07) is 8.98. The number of rotatable bonds is 13. The number of hydrogen-bond donors (Lipinski definition) is 8. The minimum atomic E-state index is -1.68. The number of esters is 1. The van der Waals surface area contributed by atoms with Gasteiger partial charge in [-0.05, 0) is 54.5 Å². The number of methoxy groups -OCH3 is 2. The van der Waals surface area contributed by atoms with Crippen LogP contribution in [0, 0.1) is 11.8 Å². The lowest BCUT2D eigenvalue weighted by Crippen LogP contribution is -2.60. The maximum absolute atomic E-state index is 13.0. The summed E-state index contributed by atoms with van der Waals surface area (Å²) in [5.74, 6) is -1.62. The summed E-state index contributed by atoms with van der Waals surface area (Å²) in [4.78, 5) is 13.0. The Balaban J connectivity index is 1.22. The summed E-state index contributed by atoms with van der Waals surface area (Å²) >= 11 is 0. The zero-order valence-corrected chi connectivity index (χ0v) is 28.1. The first-order valence-electron chi connectivity index (χ1n) is 16.2. The lowest BCUT2D eigenvalue weighted by molar-refractivity contribution is -0.346. The summed E-state index contributed by atoms with van der Waals surface area (Å²) in [6.45, 7) is 0.320. The highest BCUT2D eigenvalue weighted by Crippen LogP contribution is 2.48. The first-order valence-corrected chi connectivity index (χ1v) is 16.2. The van der Waals surface area contributed by atoms with E-state index in [4.69, 9.17) is 33.2 Å². The third-order valence-corrected chi connectivity index (χ3v) is 9.32. The molecule has 2 aromatic rings.